The van der Waals surface area contributed by atoms with Crippen LogP contribution in [0.4, 0.5) is 11.5 Å². The summed E-state index contributed by atoms with van der Waals surface area (Å²) in [5, 5.41) is 6.23. The van der Waals surface area contributed by atoms with Crippen LogP contribution < -0.4 is 15.5 Å². The van der Waals surface area contributed by atoms with Crippen molar-refractivity contribution in [3.05, 3.63) is 54.1 Å². The normalized spacial score (nSPS) is 14.1. The number of aromatic amines is 1. The average Bonchev–Trinajstić information content (AvgIpc) is 3.21. The molecule has 8 nitrogen and oxygen atoms in total. The van der Waals surface area contributed by atoms with Crippen molar-refractivity contribution in [2.45, 2.75) is 0 Å². The van der Waals surface area contributed by atoms with Gasteiger partial charge in [-0.2, -0.15) is 0 Å². The number of carbonyl (C=O) groups excluding carboxylic acids is 1. The highest BCUT2D eigenvalue weighted by atomic mass is 32.2. The van der Waals surface area contributed by atoms with Crippen LogP contribution in [0.25, 0.3) is 11.2 Å². The number of benzene rings is 1. The second-order valence-electron chi connectivity index (χ2n) is 5.88. The van der Waals surface area contributed by atoms with Crippen LogP contribution in [0.3, 0.4) is 0 Å². The molecule has 0 bridgehead atoms. The van der Waals surface area contributed by atoms with E-state index in [1.165, 1.54) is 6.33 Å². The SMILES string of the molecule is O=C(NCCNc1ccccc1)C1=CN(c2ncnc3nc[nH]c23)CCS1. The Balaban J connectivity index is 1.38. The molecule has 0 fully saturated rings. The zero-order chi connectivity index (χ0) is 18.5. The zero-order valence-corrected chi connectivity index (χ0v) is 15.4. The van der Waals surface area contributed by atoms with Gasteiger partial charge in [0.15, 0.2) is 11.5 Å². The summed E-state index contributed by atoms with van der Waals surface area (Å²) in [5.74, 6) is 1.46. The van der Waals surface area contributed by atoms with Gasteiger partial charge in [-0.15, -0.1) is 11.8 Å². The van der Waals surface area contributed by atoms with Gasteiger partial charge < -0.3 is 20.5 Å². The molecule has 3 heterocycles. The molecule has 0 aliphatic carbocycles. The largest absolute Gasteiger partial charge is 0.383 e. The molecule has 1 aromatic carbocycles. The first-order chi connectivity index (χ1) is 13.3. The molecule has 4 rings (SSSR count). The molecule has 3 N–H and O–H groups in total. The zero-order valence-electron chi connectivity index (χ0n) is 14.6. The van der Waals surface area contributed by atoms with E-state index in [0.29, 0.717) is 23.6 Å². The number of nitrogens with one attached hydrogen (secondary N) is 3. The molecule has 1 aliphatic heterocycles. The molecule has 0 radical (unpaired) electrons. The fourth-order valence-electron chi connectivity index (χ4n) is 2.78. The first-order valence-corrected chi connectivity index (χ1v) is 9.62. The van der Waals surface area contributed by atoms with Gasteiger partial charge in [0.1, 0.15) is 11.8 Å². The van der Waals surface area contributed by atoms with Crippen molar-refractivity contribution in [2.75, 3.05) is 35.6 Å². The number of nitrogens with zero attached hydrogens (tertiary/aromatic N) is 4. The Morgan fingerprint density at radius 1 is 1.19 bits per heavy atom. The minimum Gasteiger partial charge on any atom is -0.383 e. The molecule has 27 heavy (non-hydrogen) atoms. The molecule has 0 atom stereocenters. The number of thioether (sulfide) groups is 1. The Morgan fingerprint density at radius 2 is 2.07 bits per heavy atom. The van der Waals surface area contributed by atoms with Crippen molar-refractivity contribution in [1.29, 1.82) is 0 Å². The molecule has 3 aromatic rings. The van der Waals surface area contributed by atoms with Gasteiger partial charge in [0.05, 0.1) is 11.2 Å². The third kappa shape index (κ3) is 4.03. The highest BCUT2D eigenvalue weighted by molar-refractivity contribution is 8.04. The van der Waals surface area contributed by atoms with Gasteiger partial charge in [0, 0.05) is 37.3 Å². The monoisotopic (exact) mass is 381 g/mol. The number of H-pyrrole nitrogens is 1. The number of fused-ring (bicyclic) bond motifs is 1. The van der Waals surface area contributed by atoms with Crippen LogP contribution in [0.15, 0.2) is 54.1 Å². The Bertz CT molecular complexity index is 957. The number of hydrogen-bond acceptors (Lipinski definition) is 7. The van der Waals surface area contributed by atoms with Crippen molar-refractivity contribution in [3.63, 3.8) is 0 Å². The van der Waals surface area contributed by atoms with Crippen LogP contribution in [0, 0.1) is 0 Å². The van der Waals surface area contributed by atoms with Crippen molar-refractivity contribution < 1.29 is 4.79 Å². The van der Waals surface area contributed by atoms with Gasteiger partial charge in [-0.25, -0.2) is 15.0 Å². The van der Waals surface area contributed by atoms with Crippen LogP contribution in [0.2, 0.25) is 0 Å². The van der Waals surface area contributed by atoms with E-state index < -0.39 is 0 Å². The number of hydrogen-bond donors (Lipinski definition) is 3. The van der Waals surface area contributed by atoms with Crippen LogP contribution in [0.5, 0.6) is 0 Å². The Hall–Kier alpha value is -3.07. The molecule has 138 valence electrons. The minimum absolute atomic E-state index is 0.0746. The van der Waals surface area contributed by atoms with E-state index in [1.54, 1.807) is 18.1 Å². The summed E-state index contributed by atoms with van der Waals surface area (Å²) in [4.78, 5) is 30.8. The summed E-state index contributed by atoms with van der Waals surface area (Å²) >= 11 is 1.55. The van der Waals surface area contributed by atoms with Gasteiger partial charge in [-0.05, 0) is 12.1 Å². The molecule has 0 saturated heterocycles. The number of carbonyl (C=O) groups is 1. The van der Waals surface area contributed by atoms with Gasteiger partial charge in [-0.1, -0.05) is 18.2 Å². The molecular formula is C18H19N7OS. The second kappa shape index (κ2) is 8.09. The molecule has 1 amide bonds. The first-order valence-electron chi connectivity index (χ1n) is 8.64. The lowest BCUT2D eigenvalue weighted by atomic mass is 10.3. The van der Waals surface area contributed by atoms with E-state index in [2.05, 4.69) is 30.6 Å². The van der Waals surface area contributed by atoms with E-state index in [1.807, 2.05) is 41.4 Å². The molecule has 1 aliphatic rings. The van der Waals surface area contributed by atoms with Crippen LogP contribution in [-0.4, -0.2) is 51.2 Å². The predicted octanol–water partition coefficient (Wildman–Crippen LogP) is 1.98. The van der Waals surface area contributed by atoms with E-state index in [4.69, 9.17) is 0 Å². The van der Waals surface area contributed by atoms with Crippen molar-refractivity contribution >= 4 is 40.3 Å². The van der Waals surface area contributed by atoms with E-state index >= 15 is 0 Å². The van der Waals surface area contributed by atoms with Crippen molar-refractivity contribution in [2.24, 2.45) is 0 Å². The molecule has 0 saturated carbocycles. The number of imidazole rings is 1. The predicted molar refractivity (Wildman–Crippen MR) is 108 cm³/mol. The molecule has 9 heteroatoms. The third-order valence-electron chi connectivity index (χ3n) is 4.08. The maximum absolute atomic E-state index is 12.5. The Kier molecular flexibility index (Phi) is 5.20. The van der Waals surface area contributed by atoms with Crippen LogP contribution in [-0.2, 0) is 4.79 Å². The minimum atomic E-state index is -0.0746. The second-order valence-corrected chi connectivity index (χ2v) is 7.02. The average molecular weight is 381 g/mol. The van der Waals surface area contributed by atoms with E-state index in [0.717, 1.165) is 29.3 Å². The smallest absolute Gasteiger partial charge is 0.259 e. The molecular weight excluding hydrogens is 362 g/mol. The summed E-state index contributed by atoms with van der Waals surface area (Å²) in [6, 6.07) is 9.92. The van der Waals surface area contributed by atoms with E-state index in [9.17, 15) is 4.79 Å². The maximum atomic E-state index is 12.5. The molecule has 0 spiro atoms. The van der Waals surface area contributed by atoms with E-state index in [-0.39, 0.29) is 5.91 Å². The highest BCUT2D eigenvalue weighted by Gasteiger charge is 2.20. The maximum Gasteiger partial charge on any atom is 0.259 e. The summed E-state index contributed by atoms with van der Waals surface area (Å²) in [6.45, 7) is 1.98. The van der Waals surface area contributed by atoms with Crippen LogP contribution >= 0.6 is 11.8 Å². The van der Waals surface area contributed by atoms with Gasteiger partial charge in [-0.3, -0.25) is 4.79 Å². The Morgan fingerprint density at radius 3 is 2.96 bits per heavy atom. The fraction of sp³-hybridized carbons (Fsp3) is 0.222. The lowest BCUT2D eigenvalue weighted by Crippen LogP contribution is -2.33. The third-order valence-corrected chi connectivity index (χ3v) is 5.06. The first kappa shape index (κ1) is 17.3. The number of amides is 1. The summed E-state index contributed by atoms with van der Waals surface area (Å²) < 4.78 is 0. The number of para-hydroxylation sites is 1. The van der Waals surface area contributed by atoms with Gasteiger partial charge in [0.2, 0.25) is 0 Å². The van der Waals surface area contributed by atoms with Crippen molar-refractivity contribution in [3.8, 4) is 0 Å². The molecule has 0 unspecified atom stereocenters. The summed E-state index contributed by atoms with van der Waals surface area (Å²) in [7, 11) is 0. The summed E-state index contributed by atoms with van der Waals surface area (Å²) in [6.07, 6.45) is 4.93. The fourth-order valence-corrected chi connectivity index (χ4v) is 3.70. The standard InChI is InChI=1S/C18H19N7OS/c26-18(20-7-6-19-13-4-2-1-3-5-13)14-10-25(8-9-27-14)17-15-16(22-11-21-15)23-12-24-17/h1-5,10-12,19H,6-9H2,(H,20,26)(H,21,22,23,24). The van der Waals surface area contributed by atoms with Crippen molar-refractivity contribution in [1.82, 2.24) is 25.3 Å². The van der Waals surface area contributed by atoms with Crippen LogP contribution in [0.1, 0.15) is 0 Å². The number of anilines is 2. The lowest BCUT2D eigenvalue weighted by molar-refractivity contribution is -0.116. The molecule has 2 aromatic heterocycles. The lowest BCUT2D eigenvalue weighted by Gasteiger charge is -2.25. The van der Waals surface area contributed by atoms with Gasteiger partial charge in [0.25, 0.3) is 5.91 Å². The topological polar surface area (TPSA) is 98.8 Å². The quantitative estimate of drug-likeness (QED) is 0.562. The number of rotatable bonds is 6. The number of aromatic nitrogens is 4. The summed E-state index contributed by atoms with van der Waals surface area (Å²) in [5.41, 5.74) is 2.42. The Labute approximate surface area is 160 Å². The van der Waals surface area contributed by atoms with Gasteiger partial charge >= 0.3 is 0 Å². The highest BCUT2D eigenvalue weighted by Crippen LogP contribution is 2.27.